The Labute approximate surface area is 140 Å². The van der Waals surface area contributed by atoms with Gasteiger partial charge in [0.15, 0.2) is 0 Å². The lowest BCUT2D eigenvalue weighted by molar-refractivity contribution is -0.122. The van der Waals surface area contributed by atoms with Crippen LogP contribution in [0.3, 0.4) is 0 Å². The van der Waals surface area contributed by atoms with Crippen LogP contribution in [0.5, 0.6) is 0 Å². The Hall–Kier alpha value is -3.42. The Morgan fingerprint density at radius 1 is 1.08 bits per heavy atom. The number of aromatic nitrogens is 2. The molecule has 8 heteroatoms. The van der Waals surface area contributed by atoms with E-state index < -0.39 is 17.0 Å². The fourth-order valence-corrected chi connectivity index (χ4v) is 2.21. The molecule has 1 aromatic carbocycles. The summed E-state index contributed by atoms with van der Waals surface area (Å²) in [6.07, 6.45) is 0. The summed E-state index contributed by atoms with van der Waals surface area (Å²) in [5.41, 5.74) is -0.235. The summed E-state index contributed by atoms with van der Waals surface area (Å²) in [7, 11) is 0. The molecule has 0 aliphatic rings. The molecule has 3 rings (SSSR count). The van der Waals surface area contributed by atoms with Gasteiger partial charge in [0, 0.05) is 17.7 Å². The van der Waals surface area contributed by atoms with E-state index in [1.165, 1.54) is 12.1 Å². The van der Waals surface area contributed by atoms with Crippen molar-refractivity contribution in [1.82, 2.24) is 15.1 Å². The number of H-pyrrole nitrogens is 1. The smallest absolute Gasteiger partial charge is 0.265 e. The Morgan fingerprint density at radius 2 is 1.84 bits per heavy atom. The molecule has 0 bridgehead atoms. The highest BCUT2D eigenvalue weighted by molar-refractivity contribution is 5.75. The number of halogens is 1. The quantitative estimate of drug-likeness (QED) is 0.729. The number of amides is 1. The van der Waals surface area contributed by atoms with Crippen molar-refractivity contribution in [2.75, 3.05) is 0 Å². The van der Waals surface area contributed by atoms with Gasteiger partial charge in [0.25, 0.3) is 11.1 Å². The predicted molar refractivity (Wildman–Crippen MR) is 87.3 cm³/mol. The molecule has 0 atom stereocenters. The number of hydrogen-bond donors (Lipinski definition) is 2. The van der Waals surface area contributed by atoms with Gasteiger partial charge in [-0.3, -0.25) is 19.5 Å². The van der Waals surface area contributed by atoms with E-state index in [2.05, 4.69) is 10.4 Å². The normalized spacial score (nSPS) is 10.6. The molecule has 3 aromatic rings. The zero-order chi connectivity index (χ0) is 17.8. The largest absolute Gasteiger partial charge is 0.459 e. The van der Waals surface area contributed by atoms with Crippen LogP contribution in [-0.4, -0.2) is 15.7 Å². The Bertz CT molecular complexity index is 1000. The van der Waals surface area contributed by atoms with Crippen LogP contribution in [-0.2, 0) is 17.9 Å². The van der Waals surface area contributed by atoms with Gasteiger partial charge in [-0.25, -0.2) is 9.07 Å². The molecule has 2 N–H and O–H groups in total. The van der Waals surface area contributed by atoms with Crippen molar-refractivity contribution in [1.29, 1.82) is 0 Å². The fourth-order valence-electron chi connectivity index (χ4n) is 2.21. The maximum Gasteiger partial charge on any atom is 0.265 e. The Balaban J connectivity index is 1.61. The zero-order valence-electron chi connectivity index (χ0n) is 13.0. The number of aromatic amines is 1. The number of hydrogen-bond acceptors (Lipinski definition) is 4. The van der Waals surface area contributed by atoms with Crippen LogP contribution in [0, 0.1) is 5.82 Å². The number of carbonyl (C=O) groups is 1. The molecule has 0 radical (unpaired) electrons. The average Bonchev–Trinajstić information content (AvgIpc) is 3.06. The van der Waals surface area contributed by atoms with Gasteiger partial charge in [0.2, 0.25) is 5.91 Å². The summed E-state index contributed by atoms with van der Waals surface area (Å²) >= 11 is 0. The second-order valence-electron chi connectivity index (χ2n) is 5.28. The summed E-state index contributed by atoms with van der Waals surface area (Å²) in [6.45, 7) is -0.188. The van der Waals surface area contributed by atoms with Crippen molar-refractivity contribution >= 4 is 5.91 Å². The molecule has 128 valence electrons. The first-order chi connectivity index (χ1) is 12.0. The maximum absolute atomic E-state index is 12.9. The van der Waals surface area contributed by atoms with Gasteiger partial charge < -0.3 is 9.73 Å². The van der Waals surface area contributed by atoms with Crippen molar-refractivity contribution in [2.45, 2.75) is 13.1 Å². The molecule has 0 unspecified atom stereocenters. The molecule has 7 nitrogen and oxygen atoms in total. The third-order valence-electron chi connectivity index (χ3n) is 3.44. The minimum atomic E-state index is -0.480. The van der Waals surface area contributed by atoms with Gasteiger partial charge in [0.1, 0.15) is 23.9 Å². The van der Waals surface area contributed by atoms with E-state index in [4.69, 9.17) is 4.42 Å². The molecule has 0 fully saturated rings. The number of furan rings is 1. The minimum absolute atomic E-state index is 0.117. The van der Waals surface area contributed by atoms with E-state index in [1.54, 1.807) is 24.3 Å². The van der Waals surface area contributed by atoms with E-state index in [-0.39, 0.29) is 18.9 Å². The summed E-state index contributed by atoms with van der Waals surface area (Å²) in [4.78, 5) is 34.6. The lowest BCUT2D eigenvalue weighted by atomic mass is 10.2. The lowest BCUT2D eigenvalue weighted by Gasteiger charge is -2.05. The van der Waals surface area contributed by atoms with E-state index in [0.29, 0.717) is 17.1 Å². The summed E-state index contributed by atoms with van der Waals surface area (Å²) in [5.74, 6) is 0.259. The summed E-state index contributed by atoms with van der Waals surface area (Å²) < 4.78 is 19.4. The molecule has 0 saturated heterocycles. The molecule has 0 spiro atoms. The fraction of sp³-hybridized carbons (Fsp3) is 0.118. The second kappa shape index (κ2) is 7.00. The van der Waals surface area contributed by atoms with Crippen LogP contribution in [0.2, 0.25) is 0 Å². The Kier molecular flexibility index (Phi) is 4.60. The van der Waals surface area contributed by atoms with Crippen molar-refractivity contribution in [3.05, 3.63) is 80.8 Å². The molecule has 25 heavy (non-hydrogen) atoms. The summed E-state index contributed by atoms with van der Waals surface area (Å²) in [5, 5.41) is 4.86. The maximum atomic E-state index is 12.9. The van der Waals surface area contributed by atoms with Crippen molar-refractivity contribution < 1.29 is 13.6 Å². The zero-order valence-corrected chi connectivity index (χ0v) is 13.0. The van der Waals surface area contributed by atoms with E-state index in [1.807, 2.05) is 0 Å². The van der Waals surface area contributed by atoms with Crippen molar-refractivity contribution in [3.8, 4) is 11.3 Å². The van der Waals surface area contributed by atoms with E-state index >= 15 is 0 Å². The molecule has 0 aliphatic carbocycles. The van der Waals surface area contributed by atoms with Gasteiger partial charge >= 0.3 is 0 Å². The van der Waals surface area contributed by atoms with Gasteiger partial charge in [-0.05, 0) is 36.4 Å². The monoisotopic (exact) mass is 343 g/mol. The molecule has 2 aromatic heterocycles. The van der Waals surface area contributed by atoms with Crippen LogP contribution < -0.4 is 16.4 Å². The minimum Gasteiger partial charge on any atom is -0.459 e. The van der Waals surface area contributed by atoms with Crippen LogP contribution in [0.4, 0.5) is 4.39 Å². The SMILES string of the molecule is O=C(Cn1[nH]c(=O)ccc1=O)NCc1ccc(-c2ccc(F)cc2)o1. The predicted octanol–water partition coefficient (Wildman–Crippen LogP) is 1.25. The highest BCUT2D eigenvalue weighted by Crippen LogP contribution is 2.22. The topological polar surface area (TPSA) is 97.1 Å². The first kappa shape index (κ1) is 16.4. The number of nitrogens with zero attached hydrogens (tertiary/aromatic N) is 1. The van der Waals surface area contributed by atoms with Crippen molar-refractivity contribution in [3.63, 3.8) is 0 Å². The van der Waals surface area contributed by atoms with Crippen LogP contribution in [0.1, 0.15) is 5.76 Å². The van der Waals surface area contributed by atoms with Gasteiger partial charge in [-0.2, -0.15) is 0 Å². The second-order valence-corrected chi connectivity index (χ2v) is 5.28. The van der Waals surface area contributed by atoms with Crippen LogP contribution in [0.25, 0.3) is 11.3 Å². The highest BCUT2D eigenvalue weighted by Gasteiger charge is 2.08. The number of rotatable bonds is 5. The molecule has 1 amide bonds. The van der Waals surface area contributed by atoms with Crippen LogP contribution in [0.15, 0.2) is 62.5 Å². The first-order valence-electron chi connectivity index (χ1n) is 7.43. The number of carbonyl (C=O) groups excluding carboxylic acids is 1. The third-order valence-corrected chi connectivity index (χ3v) is 3.44. The van der Waals surface area contributed by atoms with Crippen molar-refractivity contribution in [2.24, 2.45) is 0 Å². The van der Waals surface area contributed by atoms with Crippen LogP contribution >= 0.6 is 0 Å². The van der Waals surface area contributed by atoms with Gasteiger partial charge in [0.05, 0.1) is 6.54 Å². The molecule has 0 saturated carbocycles. The molecular weight excluding hydrogens is 329 g/mol. The Morgan fingerprint density at radius 3 is 2.60 bits per heavy atom. The summed E-state index contributed by atoms with van der Waals surface area (Å²) in [6, 6.07) is 11.4. The third kappa shape index (κ3) is 4.11. The molecule has 2 heterocycles. The average molecular weight is 343 g/mol. The number of nitrogens with one attached hydrogen (secondary N) is 2. The van der Waals surface area contributed by atoms with Gasteiger partial charge in [-0.15, -0.1) is 0 Å². The van der Waals surface area contributed by atoms with Gasteiger partial charge in [-0.1, -0.05) is 0 Å². The van der Waals surface area contributed by atoms with E-state index in [0.717, 1.165) is 16.8 Å². The molecule has 0 aliphatic heterocycles. The standard InChI is InChI=1S/C17H14FN3O4/c18-12-3-1-11(2-4-12)14-6-5-13(25-14)9-19-16(23)10-21-17(24)8-7-15(22)20-21/h1-8H,9-10H2,(H,19,23)(H,20,22). The number of benzene rings is 1. The first-order valence-corrected chi connectivity index (χ1v) is 7.43. The lowest BCUT2D eigenvalue weighted by Crippen LogP contribution is -2.35. The molecular formula is C17H14FN3O4. The highest BCUT2D eigenvalue weighted by atomic mass is 19.1. The van der Waals surface area contributed by atoms with E-state index in [9.17, 15) is 18.8 Å².